The van der Waals surface area contributed by atoms with Gasteiger partial charge in [0.15, 0.2) is 0 Å². The molecule has 6 nitrogen and oxygen atoms in total. The molecule has 1 saturated heterocycles. The summed E-state index contributed by atoms with van der Waals surface area (Å²) >= 11 is 1.29. The largest absolute Gasteiger partial charge is 0.479 e. The number of fused-ring (bicyclic) bond motifs is 1. The highest BCUT2D eigenvalue weighted by molar-refractivity contribution is 7.20. The molecule has 25 heavy (non-hydrogen) atoms. The smallest absolute Gasteiger partial charge is 0.343 e. The van der Waals surface area contributed by atoms with E-state index in [1.54, 1.807) is 0 Å². The van der Waals surface area contributed by atoms with Crippen molar-refractivity contribution < 1.29 is 19.1 Å². The highest BCUT2D eigenvalue weighted by Gasteiger charge is 2.47. The Bertz CT molecular complexity index is 908. The van der Waals surface area contributed by atoms with Gasteiger partial charge in [0.05, 0.1) is 17.1 Å². The van der Waals surface area contributed by atoms with Crippen molar-refractivity contribution in [1.82, 2.24) is 14.9 Å². The van der Waals surface area contributed by atoms with Crippen LogP contribution in [-0.2, 0) is 4.79 Å². The second-order valence-electron chi connectivity index (χ2n) is 6.92. The van der Waals surface area contributed by atoms with Crippen molar-refractivity contribution >= 4 is 33.4 Å². The summed E-state index contributed by atoms with van der Waals surface area (Å²) in [6.07, 6.45) is 2.02. The van der Waals surface area contributed by atoms with Crippen LogP contribution in [0.25, 0.3) is 10.2 Å². The number of nitrogens with zero attached hydrogens (tertiary/aromatic N) is 3. The number of carboxylic acid groups (broad SMARTS) is 1. The molecule has 1 saturated carbocycles. The molecular formula is C17H18FN3O3S. The molecule has 0 radical (unpaired) electrons. The van der Waals surface area contributed by atoms with Crippen molar-refractivity contribution in [2.45, 2.75) is 44.7 Å². The molecule has 0 unspecified atom stereocenters. The summed E-state index contributed by atoms with van der Waals surface area (Å²) in [5.74, 6) is -0.577. The molecule has 1 N–H and O–H groups in total. The number of carbonyl (C=O) groups is 2. The average molecular weight is 363 g/mol. The number of amides is 1. The average Bonchev–Trinajstić information content (AvgIpc) is 3.25. The Kier molecular flexibility index (Phi) is 3.57. The van der Waals surface area contributed by atoms with E-state index in [1.807, 2.05) is 13.8 Å². The van der Waals surface area contributed by atoms with Gasteiger partial charge in [-0.1, -0.05) is 0 Å². The first kappa shape index (κ1) is 16.4. The molecule has 132 valence electrons. The highest BCUT2D eigenvalue weighted by atomic mass is 32.1. The number of likely N-dealkylation sites (tertiary alicyclic amines) is 1. The molecule has 2 aromatic heterocycles. The number of carboxylic acids is 1. The zero-order valence-electron chi connectivity index (χ0n) is 14.0. The van der Waals surface area contributed by atoms with Crippen LogP contribution in [0.15, 0.2) is 0 Å². The molecule has 8 heteroatoms. The van der Waals surface area contributed by atoms with E-state index >= 15 is 0 Å². The Hall–Kier alpha value is -2.09. The highest BCUT2D eigenvalue weighted by Crippen LogP contribution is 2.41. The van der Waals surface area contributed by atoms with Crippen LogP contribution in [0, 0.1) is 13.8 Å². The van der Waals surface area contributed by atoms with E-state index in [0.717, 1.165) is 40.1 Å². The summed E-state index contributed by atoms with van der Waals surface area (Å²) in [4.78, 5) is 35.6. The molecule has 1 aliphatic heterocycles. The van der Waals surface area contributed by atoms with Crippen LogP contribution in [0.1, 0.15) is 51.9 Å². The quantitative estimate of drug-likeness (QED) is 0.907. The van der Waals surface area contributed by atoms with Gasteiger partial charge in [-0.2, -0.15) is 0 Å². The molecule has 2 aliphatic rings. The zero-order valence-corrected chi connectivity index (χ0v) is 14.8. The number of rotatable bonds is 3. The summed E-state index contributed by atoms with van der Waals surface area (Å²) < 4.78 is 14.3. The Balaban J connectivity index is 1.69. The molecule has 0 spiro atoms. The number of hydrogen-bond donors (Lipinski definition) is 1. The predicted octanol–water partition coefficient (Wildman–Crippen LogP) is 2.82. The topological polar surface area (TPSA) is 83.4 Å². The normalized spacial score (nSPS) is 23.4. The van der Waals surface area contributed by atoms with Gasteiger partial charge in [-0.05, 0) is 32.3 Å². The molecule has 4 rings (SSSR count). The van der Waals surface area contributed by atoms with Crippen molar-refractivity contribution in [3.8, 4) is 0 Å². The van der Waals surface area contributed by atoms with Crippen LogP contribution in [0.2, 0.25) is 0 Å². The number of thiophene rings is 1. The number of aromatic nitrogens is 2. The lowest BCUT2D eigenvalue weighted by Gasteiger charge is -2.17. The van der Waals surface area contributed by atoms with Gasteiger partial charge < -0.3 is 10.0 Å². The summed E-state index contributed by atoms with van der Waals surface area (Å²) in [6, 6.07) is 0. The van der Waals surface area contributed by atoms with E-state index in [2.05, 4.69) is 9.97 Å². The van der Waals surface area contributed by atoms with Gasteiger partial charge in [0.1, 0.15) is 10.7 Å². The van der Waals surface area contributed by atoms with Crippen LogP contribution < -0.4 is 0 Å². The Morgan fingerprint density at radius 1 is 1.32 bits per heavy atom. The summed E-state index contributed by atoms with van der Waals surface area (Å²) in [7, 11) is 0. The van der Waals surface area contributed by atoms with Crippen LogP contribution in [-0.4, -0.2) is 50.6 Å². The third kappa shape index (κ3) is 2.59. The molecule has 1 amide bonds. The van der Waals surface area contributed by atoms with Gasteiger partial charge in [-0.25, -0.2) is 19.2 Å². The van der Waals surface area contributed by atoms with Crippen LogP contribution in [0.5, 0.6) is 0 Å². The Labute approximate surface area is 147 Å². The third-order valence-electron chi connectivity index (χ3n) is 5.02. The molecule has 2 aromatic rings. The van der Waals surface area contributed by atoms with E-state index in [0.29, 0.717) is 10.8 Å². The molecule has 2 fully saturated rings. The predicted molar refractivity (Wildman–Crippen MR) is 90.9 cm³/mol. The first-order valence-electron chi connectivity index (χ1n) is 8.29. The monoisotopic (exact) mass is 363 g/mol. The molecule has 0 bridgehead atoms. The number of aliphatic carboxylic acids is 1. The van der Waals surface area contributed by atoms with Gasteiger partial charge in [0.25, 0.3) is 5.91 Å². The van der Waals surface area contributed by atoms with Gasteiger partial charge in [0.2, 0.25) is 5.67 Å². The molecular weight excluding hydrogens is 345 g/mol. The van der Waals surface area contributed by atoms with Crippen molar-refractivity contribution in [3.63, 3.8) is 0 Å². The maximum absolute atomic E-state index is 14.3. The SMILES string of the molecule is Cc1nc(C2CC2)nc2sc(C(=O)N3CC[C@](F)(C(=O)O)C3)c(C)c12. The zero-order chi connectivity index (χ0) is 17.9. The fraction of sp³-hybridized carbons (Fsp3) is 0.529. The van der Waals surface area contributed by atoms with Crippen molar-refractivity contribution in [1.29, 1.82) is 0 Å². The maximum Gasteiger partial charge on any atom is 0.343 e. The van der Waals surface area contributed by atoms with Crippen molar-refractivity contribution in [2.75, 3.05) is 13.1 Å². The number of halogens is 1. The van der Waals surface area contributed by atoms with E-state index in [-0.39, 0.29) is 18.9 Å². The van der Waals surface area contributed by atoms with E-state index < -0.39 is 18.2 Å². The lowest BCUT2D eigenvalue weighted by molar-refractivity contribution is -0.149. The van der Waals surface area contributed by atoms with Crippen LogP contribution in [0.4, 0.5) is 4.39 Å². The first-order valence-corrected chi connectivity index (χ1v) is 9.11. The molecule has 0 aromatic carbocycles. The summed E-state index contributed by atoms with van der Waals surface area (Å²) in [5.41, 5.74) is -0.710. The standard InChI is InChI=1S/C17H18FN3O3S/c1-8-11-9(2)19-13(10-3-4-10)20-14(11)25-12(8)15(22)21-6-5-17(18,7-21)16(23)24/h10H,3-7H2,1-2H3,(H,23,24)/t17-/m1/s1. The second kappa shape index (κ2) is 5.45. The van der Waals surface area contributed by atoms with Crippen molar-refractivity contribution in [3.05, 3.63) is 22.0 Å². The molecule has 1 aliphatic carbocycles. The van der Waals surface area contributed by atoms with Gasteiger partial charge in [-0.3, -0.25) is 4.79 Å². The van der Waals surface area contributed by atoms with Gasteiger partial charge in [0, 0.05) is 24.3 Å². The fourth-order valence-corrected chi connectivity index (χ4v) is 4.56. The number of aryl methyl sites for hydroxylation is 2. The summed E-state index contributed by atoms with van der Waals surface area (Å²) in [5, 5.41) is 9.88. The molecule has 3 heterocycles. The van der Waals surface area contributed by atoms with Crippen molar-refractivity contribution in [2.24, 2.45) is 0 Å². The number of hydrogen-bond acceptors (Lipinski definition) is 5. The lowest BCUT2D eigenvalue weighted by atomic mass is 10.1. The maximum atomic E-state index is 14.3. The Morgan fingerprint density at radius 2 is 2.04 bits per heavy atom. The second-order valence-corrected chi connectivity index (χ2v) is 7.92. The minimum Gasteiger partial charge on any atom is -0.479 e. The van der Waals surface area contributed by atoms with Gasteiger partial charge in [-0.15, -0.1) is 11.3 Å². The first-order chi connectivity index (χ1) is 11.8. The summed E-state index contributed by atoms with van der Waals surface area (Å²) in [6.45, 7) is 3.45. The minimum atomic E-state index is -2.35. The molecule has 1 atom stereocenters. The fourth-order valence-electron chi connectivity index (χ4n) is 3.35. The number of carbonyl (C=O) groups excluding carboxylic acids is 1. The lowest BCUT2D eigenvalue weighted by Crippen LogP contribution is -2.38. The van der Waals surface area contributed by atoms with E-state index in [9.17, 15) is 14.0 Å². The van der Waals surface area contributed by atoms with Crippen LogP contribution in [0.3, 0.4) is 0 Å². The number of alkyl halides is 1. The Morgan fingerprint density at radius 3 is 2.64 bits per heavy atom. The van der Waals surface area contributed by atoms with Gasteiger partial charge >= 0.3 is 5.97 Å². The minimum absolute atomic E-state index is 0.104. The third-order valence-corrected chi connectivity index (χ3v) is 6.19. The van der Waals surface area contributed by atoms with E-state index in [4.69, 9.17) is 5.11 Å². The van der Waals surface area contributed by atoms with E-state index in [1.165, 1.54) is 16.2 Å². The van der Waals surface area contributed by atoms with Crippen LogP contribution >= 0.6 is 11.3 Å².